The highest BCUT2D eigenvalue weighted by molar-refractivity contribution is 7.15. The molecule has 0 saturated heterocycles. The Morgan fingerprint density at radius 1 is 1.23 bits per heavy atom. The number of rotatable bonds is 1. The van der Waals surface area contributed by atoms with E-state index in [1.54, 1.807) is 17.6 Å². The molecule has 2 rings (SSSR count). The van der Waals surface area contributed by atoms with E-state index < -0.39 is 0 Å². The van der Waals surface area contributed by atoms with Crippen molar-refractivity contribution in [3.63, 3.8) is 0 Å². The van der Waals surface area contributed by atoms with E-state index in [1.165, 1.54) is 4.88 Å². The molecule has 3 heteroatoms. The molecule has 0 radical (unpaired) electrons. The molecule has 70 valence electrons. The fraction of sp³-hybridized carbons (Fsp3) is 0.300. The summed E-state index contributed by atoms with van der Waals surface area (Å²) < 4.78 is 4.73. The second kappa shape index (κ2) is 4.82. The molecule has 0 aromatic carbocycles. The van der Waals surface area contributed by atoms with Gasteiger partial charge in [-0.3, -0.25) is 0 Å². The third kappa shape index (κ3) is 2.42. The maximum atomic E-state index is 4.73. The predicted molar refractivity (Wildman–Crippen MR) is 55.9 cm³/mol. The van der Waals surface area contributed by atoms with E-state index in [1.807, 2.05) is 19.9 Å². The van der Waals surface area contributed by atoms with Gasteiger partial charge in [0.1, 0.15) is 12.0 Å². The average Bonchev–Trinajstić information content (AvgIpc) is 2.77. The molecule has 0 aliphatic rings. The van der Waals surface area contributed by atoms with Crippen LogP contribution in [0, 0.1) is 6.92 Å². The van der Waals surface area contributed by atoms with Gasteiger partial charge in [-0.2, -0.15) is 0 Å². The van der Waals surface area contributed by atoms with E-state index in [9.17, 15) is 0 Å². The molecule has 0 bridgehead atoms. The summed E-state index contributed by atoms with van der Waals surface area (Å²) in [7, 11) is 0. The lowest BCUT2D eigenvalue weighted by atomic mass is 10.3. The molecule has 0 aliphatic carbocycles. The maximum absolute atomic E-state index is 4.73. The Kier molecular flexibility index (Phi) is 3.71. The molecular weight excluding hydrogens is 182 g/mol. The number of nitrogens with zero attached hydrogens (tertiary/aromatic N) is 1. The second-order valence-corrected chi connectivity index (χ2v) is 3.58. The third-order valence-electron chi connectivity index (χ3n) is 1.43. The quantitative estimate of drug-likeness (QED) is 0.692. The summed E-state index contributed by atoms with van der Waals surface area (Å²) in [6.07, 6.45) is 1.59. The molecule has 0 aliphatic heterocycles. The van der Waals surface area contributed by atoms with E-state index in [-0.39, 0.29) is 0 Å². The van der Waals surface area contributed by atoms with Crippen LogP contribution < -0.4 is 0 Å². The lowest BCUT2D eigenvalue weighted by Gasteiger charge is -1.83. The Bertz CT molecular complexity index is 337. The van der Waals surface area contributed by atoms with E-state index in [2.05, 4.69) is 24.2 Å². The second-order valence-electron chi connectivity index (χ2n) is 2.29. The summed E-state index contributed by atoms with van der Waals surface area (Å²) in [5.74, 6) is 0. The zero-order valence-electron chi connectivity index (χ0n) is 8.07. The summed E-state index contributed by atoms with van der Waals surface area (Å²) in [5.41, 5.74) is 0.920. The highest BCUT2D eigenvalue weighted by atomic mass is 32.1. The fourth-order valence-electron chi connectivity index (χ4n) is 0.912. The van der Waals surface area contributed by atoms with Gasteiger partial charge in [0.25, 0.3) is 0 Å². The van der Waals surface area contributed by atoms with Gasteiger partial charge in [0.2, 0.25) is 0 Å². The monoisotopic (exact) mass is 195 g/mol. The Balaban J connectivity index is 0.000000396. The van der Waals surface area contributed by atoms with Crippen LogP contribution in [0.4, 0.5) is 0 Å². The molecule has 2 heterocycles. The minimum atomic E-state index is 0.920. The minimum Gasteiger partial charge on any atom is -0.364 e. The van der Waals surface area contributed by atoms with Crippen LogP contribution in [0.1, 0.15) is 18.7 Å². The Hall–Kier alpha value is -1.09. The summed E-state index contributed by atoms with van der Waals surface area (Å²) in [4.78, 5) is 2.46. The van der Waals surface area contributed by atoms with Gasteiger partial charge in [-0.1, -0.05) is 19.0 Å². The van der Waals surface area contributed by atoms with E-state index in [4.69, 9.17) is 4.52 Å². The topological polar surface area (TPSA) is 26.0 Å². The third-order valence-corrected chi connectivity index (χ3v) is 2.45. The van der Waals surface area contributed by atoms with Crippen molar-refractivity contribution >= 4 is 11.3 Å². The molecule has 0 amide bonds. The standard InChI is InChI=1S/C8H7NOS.C2H6/c1-6-2-3-8(11-6)7-4-5-10-9-7;1-2/h2-5H,1H3;1-2H3. The first-order valence-electron chi connectivity index (χ1n) is 4.33. The molecule has 13 heavy (non-hydrogen) atoms. The SMILES string of the molecule is CC.Cc1ccc(-c2ccon2)s1. The maximum Gasteiger partial charge on any atom is 0.124 e. The number of hydrogen-bond donors (Lipinski definition) is 0. The van der Waals surface area contributed by atoms with Gasteiger partial charge < -0.3 is 4.52 Å². The van der Waals surface area contributed by atoms with Gasteiger partial charge in [0.05, 0.1) is 4.88 Å². The Labute approximate surface area is 82.2 Å². The van der Waals surface area contributed by atoms with Crippen molar-refractivity contribution in [1.82, 2.24) is 5.16 Å². The van der Waals surface area contributed by atoms with Crippen LogP contribution in [0.2, 0.25) is 0 Å². The van der Waals surface area contributed by atoms with Crippen molar-refractivity contribution in [2.45, 2.75) is 20.8 Å². The average molecular weight is 195 g/mol. The smallest absolute Gasteiger partial charge is 0.124 e. The first kappa shape index (κ1) is 9.99. The minimum absolute atomic E-state index is 0.920. The molecule has 0 saturated carbocycles. The predicted octanol–water partition coefficient (Wildman–Crippen LogP) is 3.74. The summed E-state index contributed by atoms with van der Waals surface area (Å²) in [6.45, 7) is 6.08. The zero-order chi connectivity index (χ0) is 9.68. The Morgan fingerprint density at radius 2 is 2.00 bits per heavy atom. The molecule has 2 aromatic heterocycles. The van der Waals surface area contributed by atoms with Crippen LogP contribution in [0.15, 0.2) is 29.0 Å². The van der Waals surface area contributed by atoms with Crippen molar-refractivity contribution in [3.05, 3.63) is 29.3 Å². The highest BCUT2D eigenvalue weighted by Gasteiger charge is 2.01. The Morgan fingerprint density at radius 3 is 2.46 bits per heavy atom. The van der Waals surface area contributed by atoms with Crippen LogP contribution in [0.5, 0.6) is 0 Å². The largest absolute Gasteiger partial charge is 0.364 e. The number of aryl methyl sites for hydroxylation is 1. The molecule has 0 fully saturated rings. The van der Waals surface area contributed by atoms with Gasteiger partial charge in [-0.25, -0.2) is 0 Å². The summed E-state index contributed by atoms with van der Waals surface area (Å²) in [5, 5.41) is 3.84. The van der Waals surface area contributed by atoms with Gasteiger partial charge in [0, 0.05) is 10.9 Å². The van der Waals surface area contributed by atoms with E-state index >= 15 is 0 Å². The summed E-state index contributed by atoms with van der Waals surface area (Å²) >= 11 is 1.72. The van der Waals surface area contributed by atoms with Crippen LogP contribution in [0.3, 0.4) is 0 Å². The molecule has 2 aromatic rings. The zero-order valence-corrected chi connectivity index (χ0v) is 8.89. The molecule has 0 N–H and O–H groups in total. The van der Waals surface area contributed by atoms with E-state index in [0.29, 0.717) is 0 Å². The van der Waals surface area contributed by atoms with Crippen LogP contribution in [0.25, 0.3) is 10.6 Å². The fourth-order valence-corrected chi connectivity index (χ4v) is 1.74. The first-order chi connectivity index (χ1) is 6.36. The van der Waals surface area contributed by atoms with Gasteiger partial charge in [-0.15, -0.1) is 11.3 Å². The number of hydrogen-bond acceptors (Lipinski definition) is 3. The van der Waals surface area contributed by atoms with Crippen LogP contribution >= 0.6 is 11.3 Å². The van der Waals surface area contributed by atoms with Crippen molar-refractivity contribution in [1.29, 1.82) is 0 Å². The molecule has 0 unspecified atom stereocenters. The van der Waals surface area contributed by atoms with E-state index in [0.717, 1.165) is 10.6 Å². The summed E-state index contributed by atoms with van der Waals surface area (Å²) in [6, 6.07) is 6.00. The van der Waals surface area contributed by atoms with Crippen molar-refractivity contribution in [2.24, 2.45) is 0 Å². The normalized spacial score (nSPS) is 9.15. The first-order valence-corrected chi connectivity index (χ1v) is 5.15. The van der Waals surface area contributed by atoms with Gasteiger partial charge >= 0.3 is 0 Å². The van der Waals surface area contributed by atoms with Crippen LogP contribution in [-0.4, -0.2) is 5.16 Å². The number of aromatic nitrogens is 1. The van der Waals surface area contributed by atoms with Crippen molar-refractivity contribution in [2.75, 3.05) is 0 Å². The van der Waals surface area contributed by atoms with Crippen molar-refractivity contribution in [3.8, 4) is 10.6 Å². The van der Waals surface area contributed by atoms with Crippen molar-refractivity contribution < 1.29 is 4.52 Å². The lowest BCUT2D eigenvalue weighted by Crippen LogP contribution is -1.65. The molecule has 2 nitrogen and oxygen atoms in total. The number of thiophene rings is 1. The molecule has 0 spiro atoms. The molecule has 0 atom stereocenters. The van der Waals surface area contributed by atoms with Crippen LogP contribution in [-0.2, 0) is 0 Å². The highest BCUT2D eigenvalue weighted by Crippen LogP contribution is 2.25. The lowest BCUT2D eigenvalue weighted by molar-refractivity contribution is 0.422. The van der Waals surface area contributed by atoms with Gasteiger partial charge in [0.15, 0.2) is 0 Å². The van der Waals surface area contributed by atoms with Gasteiger partial charge in [-0.05, 0) is 19.1 Å². The molecular formula is C10H13NOS.